The first-order valence-corrected chi connectivity index (χ1v) is 0.623. The van der Waals surface area contributed by atoms with Gasteiger partial charge in [-0.3, -0.25) is 0 Å². The zero-order valence-electron chi connectivity index (χ0n) is 2.55. The number of nitrogens with zero attached hydrogens (tertiary/aromatic N) is 1. The monoisotopic (exact) mass is 79.0 g/mol. The van der Waals surface area contributed by atoms with Gasteiger partial charge in [-0.1, -0.05) is 0 Å². The molecule has 0 saturated carbocycles. The summed E-state index contributed by atoms with van der Waals surface area (Å²) >= 11 is 0. The highest BCUT2D eigenvalue weighted by Gasteiger charge is 1.57. The largest absolute Gasteiger partial charge is 0.344 e. The van der Waals surface area contributed by atoms with E-state index in [9.17, 15) is 0 Å². The van der Waals surface area contributed by atoms with Crippen LogP contribution in [0.5, 0.6) is 0 Å². The summed E-state index contributed by atoms with van der Waals surface area (Å²) in [4.78, 5) is 8.58. The van der Waals surface area contributed by atoms with Crippen LogP contribution in [0.4, 0.5) is 0 Å². The molecular weight excluding hydrogens is 74.0 g/mol. The normalized spacial score (nSPS) is 4.80. The Morgan fingerprint density at radius 3 is 1.80 bits per heavy atom. The molecule has 0 bridgehead atoms. The van der Waals surface area contributed by atoms with Gasteiger partial charge < -0.3 is 6.15 Å². The Hall–Kier alpha value is -0.840. The summed E-state index contributed by atoms with van der Waals surface area (Å²) in [6.07, 6.45) is 0. The average molecular weight is 79.1 g/mol. The van der Waals surface area contributed by atoms with E-state index in [-0.39, 0.29) is 6.15 Å². The standard InChI is InChI=1S/H2N2O2.H3N/c1-2(3)4;/h1H2;1H3. The lowest BCUT2D eigenvalue weighted by Crippen LogP contribution is -2.04. The third-order valence-electron chi connectivity index (χ3n) is 0. The van der Waals surface area contributed by atoms with Crippen LogP contribution in [0.3, 0.4) is 0 Å². The van der Waals surface area contributed by atoms with Crippen molar-refractivity contribution in [3.8, 4) is 0 Å². The Morgan fingerprint density at radius 1 is 1.80 bits per heavy atom. The summed E-state index contributed by atoms with van der Waals surface area (Å²) in [6.45, 7) is 0. The Labute approximate surface area is 28.5 Å². The minimum atomic E-state index is -1.00. The van der Waals surface area contributed by atoms with Crippen molar-refractivity contribution < 1.29 is 5.03 Å². The van der Waals surface area contributed by atoms with E-state index in [0.717, 1.165) is 0 Å². The molecule has 5 heavy (non-hydrogen) atoms. The maximum atomic E-state index is 8.58. The molecule has 0 heterocycles. The summed E-state index contributed by atoms with van der Waals surface area (Å²) in [5, 5.41) is 7.58. The molecule has 0 aliphatic heterocycles. The van der Waals surface area contributed by atoms with Crippen LogP contribution in [0.15, 0.2) is 0 Å². The SMILES string of the molecule is N.N[N+](=O)[O-]. The van der Waals surface area contributed by atoms with Crippen LogP contribution < -0.4 is 12.0 Å². The molecule has 0 spiro atoms. The average Bonchev–Trinajstić information content (AvgIpc) is 0.811. The van der Waals surface area contributed by atoms with Crippen LogP contribution in [0.2, 0.25) is 0 Å². The molecule has 5 nitrogen and oxygen atoms in total. The Balaban J connectivity index is 0. The summed E-state index contributed by atoms with van der Waals surface area (Å²) in [7, 11) is 0. The topological polar surface area (TPSA) is 104 Å². The molecule has 0 aromatic rings. The molecule has 0 aliphatic carbocycles. The molecular formula is H5N3O2. The first-order valence-electron chi connectivity index (χ1n) is 0.623. The molecule has 0 saturated heterocycles. The predicted molar refractivity (Wildman–Crippen MR) is 16.2 cm³/mol. The van der Waals surface area contributed by atoms with E-state index >= 15 is 0 Å². The molecule has 32 valence electrons. The maximum absolute atomic E-state index is 8.58. The van der Waals surface area contributed by atoms with Gasteiger partial charge in [0, 0.05) is 0 Å². The van der Waals surface area contributed by atoms with Gasteiger partial charge in [-0.2, -0.15) is 5.84 Å². The number of hydrogen-bond donors (Lipinski definition) is 2. The van der Waals surface area contributed by atoms with E-state index in [1.807, 2.05) is 0 Å². The lowest BCUT2D eigenvalue weighted by molar-refractivity contribution is -0.491. The first kappa shape index (κ1) is 8.90. The second-order valence-corrected chi connectivity index (χ2v) is 0.285. The van der Waals surface area contributed by atoms with Crippen LogP contribution in [-0.4, -0.2) is 5.03 Å². The van der Waals surface area contributed by atoms with Gasteiger partial charge in [-0.05, 0) is 0 Å². The third-order valence-corrected chi connectivity index (χ3v) is 0. The molecule has 0 radical (unpaired) electrons. The van der Waals surface area contributed by atoms with Gasteiger partial charge in [-0.25, -0.2) is 10.1 Å². The van der Waals surface area contributed by atoms with Gasteiger partial charge >= 0.3 is 0 Å². The van der Waals surface area contributed by atoms with Crippen molar-refractivity contribution in [3.05, 3.63) is 10.1 Å². The van der Waals surface area contributed by atoms with Gasteiger partial charge in [0.25, 0.3) is 0 Å². The predicted octanol–water partition coefficient (Wildman–Crippen LogP) is -0.701. The maximum Gasteiger partial charge on any atom is 0.154 e. The first-order chi connectivity index (χ1) is 1.73. The molecule has 0 unspecified atom stereocenters. The van der Waals surface area contributed by atoms with E-state index < -0.39 is 5.03 Å². The van der Waals surface area contributed by atoms with Gasteiger partial charge in [0.1, 0.15) is 0 Å². The second kappa shape index (κ2) is 3.16. The van der Waals surface area contributed by atoms with Crippen LogP contribution >= 0.6 is 0 Å². The van der Waals surface area contributed by atoms with Crippen LogP contribution in [0, 0.1) is 10.1 Å². The van der Waals surface area contributed by atoms with Crippen LogP contribution in [0.1, 0.15) is 0 Å². The fourth-order valence-corrected chi connectivity index (χ4v) is 0. The van der Waals surface area contributed by atoms with Crippen molar-refractivity contribution in [3.63, 3.8) is 0 Å². The molecule has 0 aliphatic rings. The summed E-state index contributed by atoms with van der Waals surface area (Å²) in [5.74, 6) is 3.83. The minimum Gasteiger partial charge on any atom is -0.344 e. The molecule has 5 N–H and O–H groups in total. The lowest BCUT2D eigenvalue weighted by Gasteiger charge is -1.61. The van der Waals surface area contributed by atoms with Crippen molar-refractivity contribution in [1.82, 2.24) is 6.15 Å². The second-order valence-electron chi connectivity index (χ2n) is 0.285. The van der Waals surface area contributed by atoms with E-state index in [1.54, 1.807) is 0 Å². The minimum absolute atomic E-state index is 0. The Morgan fingerprint density at radius 2 is 1.80 bits per heavy atom. The van der Waals surface area contributed by atoms with Crippen molar-refractivity contribution in [1.29, 1.82) is 0 Å². The van der Waals surface area contributed by atoms with Gasteiger partial charge in [0.2, 0.25) is 0 Å². The Bertz CT molecular complexity index is 27.9. The quantitative estimate of drug-likeness (QED) is 0.227. The molecule has 0 aromatic heterocycles. The van der Waals surface area contributed by atoms with E-state index in [1.165, 1.54) is 0 Å². The highest BCUT2D eigenvalue weighted by molar-refractivity contribution is 3.87. The zero-order valence-corrected chi connectivity index (χ0v) is 2.55. The van der Waals surface area contributed by atoms with Crippen molar-refractivity contribution >= 4 is 0 Å². The molecule has 0 rings (SSSR count). The van der Waals surface area contributed by atoms with E-state index in [2.05, 4.69) is 5.84 Å². The van der Waals surface area contributed by atoms with Gasteiger partial charge in [0.05, 0.1) is 0 Å². The van der Waals surface area contributed by atoms with E-state index in [4.69, 9.17) is 10.1 Å². The fourth-order valence-electron chi connectivity index (χ4n) is 0. The highest BCUT2D eigenvalue weighted by atomic mass is 16.7. The summed E-state index contributed by atoms with van der Waals surface area (Å²) in [6, 6.07) is 0. The number of hydrogen-bond acceptors (Lipinski definition) is 3. The van der Waals surface area contributed by atoms with Crippen molar-refractivity contribution in [2.24, 2.45) is 5.84 Å². The fraction of sp³-hybridized carbons (Fsp3) is 0. The number of rotatable bonds is 0. The van der Waals surface area contributed by atoms with Crippen molar-refractivity contribution in [2.75, 3.05) is 0 Å². The van der Waals surface area contributed by atoms with Crippen molar-refractivity contribution in [2.45, 2.75) is 0 Å². The van der Waals surface area contributed by atoms with Gasteiger partial charge in [-0.15, -0.1) is 0 Å². The van der Waals surface area contributed by atoms with Crippen LogP contribution in [-0.2, 0) is 0 Å². The highest BCUT2D eigenvalue weighted by Crippen LogP contribution is 1.29. The van der Waals surface area contributed by atoms with E-state index in [0.29, 0.717) is 0 Å². The third kappa shape index (κ3) is 6.03. The summed E-state index contributed by atoms with van der Waals surface area (Å²) in [5.41, 5.74) is 0. The molecule has 0 amide bonds. The van der Waals surface area contributed by atoms with Crippen LogP contribution in [0.25, 0.3) is 0 Å². The smallest absolute Gasteiger partial charge is 0.154 e. The summed E-state index contributed by atoms with van der Waals surface area (Å²) < 4.78 is 0. The van der Waals surface area contributed by atoms with Gasteiger partial charge in [0.15, 0.2) is 5.03 Å². The Kier molecular flexibility index (Phi) is 5.63. The number of nitro groups is 1. The molecule has 0 fully saturated rings. The number of nitrogens with two attached hydrogens (primary N) is 1. The molecule has 0 atom stereocenters. The zero-order chi connectivity index (χ0) is 3.58. The molecule has 5 heteroatoms. The lowest BCUT2D eigenvalue weighted by atomic mass is 12.8. The number of hydrazine groups is 1. The molecule has 0 aromatic carbocycles.